The first kappa shape index (κ1) is 9.54. The number of hydrogen-bond donors (Lipinski definition) is 0. The fraction of sp³-hybridized carbons (Fsp3) is 0.231. The van der Waals surface area contributed by atoms with E-state index < -0.39 is 0 Å². The first-order valence-corrected chi connectivity index (χ1v) is 5.18. The Morgan fingerprint density at radius 3 is 2.21 bits per heavy atom. The highest BCUT2D eigenvalue weighted by Gasteiger charge is 2.31. The summed E-state index contributed by atoms with van der Waals surface area (Å²) in [6, 6.07) is 10.2. The van der Waals surface area contributed by atoms with Crippen molar-refractivity contribution in [2.24, 2.45) is 5.92 Å². The second kappa shape index (κ2) is 3.62. The van der Waals surface area contributed by atoms with Gasteiger partial charge in [-0.25, -0.2) is 0 Å². The molecule has 0 radical (unpaired) electrons. The zero-order valence-electron chi connectivity index (χ0n) is 8.15. The molecule has 0 bridgehead atoms. The highest BCUT2D eigenvalue weighted by atomic mass is 35.5. The molecule has 0 fully saturated rings. The zero-order valence-corrected chi connectivity index (χ0v) is 8.91. The summed E-state index contributed by atoms with van der Waals surface area (Å²) in [5.74, 6) is 0.298. The third-order valence-electron chi connectivity index (χ3n) is 2.71. The third-order valence-corrected chi connectivity index (χ3v) is 3.18. The zero-order chi connectivity index (χ0) is 10.0. The fourth-order valence-electron chi connectivity index (χ4n) is 1.75. The van der Waals surface area contributed by atoms with Crippen LogP contribution in [0.3, 0.4) is 0 Å². The van der Waals surface area contributed by atoms with Crippen molar-refractivity contribution in [1.29, 1.82) is 0 Å². The maximum atomic E-state index is 6.57. The summed E-state index contributed by atoms with van der Waals surface area (Å²) in [5, 5.41) is 0. The molecular formula is C13H13Cl. The van der Waals surface area contributed by atoms with Crippen LogP contribution in [0.15, 0.2) is 54.6 Å². The minimum atomic E-state index is -0.329. The number of hydrogen-bond acceptors (Lipinski definition) is 0. The molecule has 0 heterocycles. The molecule has 0 aliphatic heterocycles. The van der Waals surface area contributed by atoms with E-state index in [1.807, 2.05) is 30.4 Å². The van der Waals surface area contributed by atoms with Gasteiger partial charge in [0, 0.05) is 5.92 Å². The molecule has 0 N–H and O–H groups in total. The number of rotatable bonds is 2. The SMILES string of the molecule is CC(Cl)(c1ccccc1)C1C=CC=C1. The lowest BCUT2D eigenvalue weighted by Crippen LogP contribution is -2.22. The minimum Gasteiger partial charge on any atom is -0.113 e. The van der Waals surface area contributed by atoms with E-state index in [1.54, 1.807) is 0 Å². The molecule has 0 nitrogen and oxygen atoms in total. The largest absolute Gasteiger partial charge is 0.113 e. The Labute approximate surface area is 89.9 Å². The molecule has 14 heavy (non-hydrogen) atoms. The quantitative estimate of drug-likeness (QED) is 0.642. The van der Waals surface area contributed by atoms with E-state index in [9.17, 15) is 0 Å². The van der Waals surface area contributed by atoms with Crippen LogP contribution < -0.4 is 0 Å². The van der Waals surface area contributed by atoms with Crippen LogP contribution in [0.4, 0.5) is 0 Å². The van der Waals surface area contributed by atoms with Crippen molar-refractivity contribution in [3.8, 4) is 0 Å². The molecule has 0 aromatic heterocycles. The lowest BCUT2D eigenvalue weighted by Gasteiger charge is -2.27. The van der Waals surface area contributed by atoms with Crippen LogP contribution in [0, 0.1) is 5.92 Å². The predicted molar refractivity (Wildman–Crippen MR) is 61.4 cm³/mol. The average molecular weight is 205 g/mol. The molecule has 0 spiro atoms. The Balaban J connectivity index is 2.32. The summed E-state index contributed by atoms with van der Waals surface area (Å²) in [6.45, 7) is 2.06. The van der Waals surface area contributed by atoms with Gasteiger partial charge >= 0.3 is 0 Å². The Bertz CT molecular complexity index is 348. The van der Waals surface area contributed by atoms with Crippen LogP contribution in [-0.4, -0.2) is 0 Å². The molecule has 0 amide bonds. The van der Waals surface area contributed by atoms with E-state index in [-0.39, 0.29) is 4.87 Å². The van der Waals surface area contributed by atoms with Crippen molar-refractivity contribution >= 4 is 11.6 Å². The average Bonchev–Trinajstić information content (AvgIpc) is 2.72. The van der Waals surface area contributed by atoms with Crippen LogP contribution >= 0.6 is 11.6 Å². The van der Waals surface area contributed by atoms with Crippen molar-refractivity contribution < 1.29 is 0 Å². The number of alkyl halides is 1. The van der Waals surface area contributed by atoms with E-state index in [2.05, 4.69) is 31.2 Å². The van der Waals surface area contributed by atoms with Gasteiger partial charge < -0.3 is 0 Å². The van der Waals surface area contributed by atoms with Crippen LogP contribution in [0.25, 0.3) is 0 Å². The Kier molecular flexibility index (Phi) is 2.47. The minimum absolute atomic E-state index is 0.298. The number of halogens is 1. The summed E-state index contributed by atoms with van der Waals surface area (Å²) >= 11 is 6.57. The van der Waals surface area contributed by atoms with Gasteiger partial charge in [-0.2, -0.15) is 0 Å². The van der Waals surface area contributed by atoms with Crippen molar-refractivity contribution in [2.75, 3.05) is 0 Å². The third kappa shape index (κ3) is 1.62. The van der Waals surface area contributed by atoms with Gasteiger partial charge in [-0.15, -0.1) is 11.6 Å². The van der Waals surface area contributed by atoms with Crippen molar-refractivity contribution in [1.82, 2.24) is 0 Å². The number of benzene rings is 1. The normalized spacial score (nSPS) is 19.9. The summed E-state index contributed by atoms with van der Waals surface area (Å²) in [4.78, 5) is -0.329. The smallest absolute Gasteiger partial charge is 0.0763 e. The molecule has 1 aromatic carbocycles. The van der Waals surface area contributed by atoms with Crippen molar-refractivity contribution in [3.63, 3.8) is 0 Å². The summed E-state index contributed by atoms with van der Waals surface area (Å²) in [6.07, 6.45) is 8.38. The molecule has 1 aliphatic carbocycles. The lowest BCUT2D eigenvalue weighted by molar-refractivity contribution is 0.578. The number of allylic oxidation sites excluding steroid dienone is 4. The first-order chi connectivity index (χ1) is 6.71. The van der Waals surface area contributed by atoms with E-state index in [4.69, 9.17) is 11.6 Å². The van der Waals surface area contributed by atoms with Gasteiger partial charge in [0.2, 0.25) is 0 Å². The highest BCUT2D eigenvalue weighted by Crippen LogP contribution is 2.39. The lowest BCUT2D eigenvalue weighted by atomic mass is 9.88. The summed E-state index contributed by atoms with van der Waals surface area (Å²) in [7, 11) is 0. The van der Waals surface area contributed by atoms with Crippen LogP contribution in [0.2, 0.25) is 0 Å². The topological polar surface area (TPSA) is 0 Å². The van der Waals surface area contributed by atoms with Crippen LogP contribution in [0.1, 0.15) is 12.5 Å². The molecule has 1 unspecified atom stereocenters. The van der Waals surface area contributed by atoms with E-state index in [0.717, 1.165) is 0 Å². The summed E-state index contributed by atoms with van der Waals surface area (Å²) in [5.41, 5.74) is 1.17. The maximum absolute atomic E-state index is 6.57. The van der Waals surface area contributed by atoms with E-state index in [0.29, 0.717) is 5.92 Å². The standard InChI is InChI=1S/C13H13Cl/c1-13(14,12-9-5-6-10-12)11-7-3-2-4-8-11/h2-10,12H,1H3. The second-order valence-electron chi connectivity index (χ2n) is 3.74. The van der Waals surface area contributed by atoms with Crippen LogP contribution in [-0.2, 0) is 4.87 Å². The van der Waals surface area contributed by atoms with Gasteiger partial charge in [-0.05, 0) is 12.5 Å². The molecule has 1 aromatic rings. The van der Waals surface area contributed by atoms with Gasteiger partial charge in [0.05, 0.1) is 4.87 Å². The van der Waals surface area contributed by atoms with Crippen LogP contribution in [0.5, 0.6) is 0 Å². The molecule has 72 valence electrons. The van der Waals surface area contributed by atoms with Crippen molar-refractivity contribution in [3.05, 3.63) is 60.2 Å². The molecule has 0 saturated carbocycles. The Morgan fingerprint density at radius 2 is 1.64 bits per heavy atom. The molecule has 1 aliphatic rings. The monoisotopic (exact) mass is 204 g/mol. The highest BCUT2D eigenvalue weighted by molar-refractivity contribution is 6.24. The second-order valence-corrected chi connectivity index (χ2v) is 4.52. The summed E-state index contributed by atoms with van der Waals surface area (Å²) < 4.78 is 0. The fourth-order valence-corrected chi connectivity index (χ4v) is 2.02. The van der Waals surface area contributed by atoms with Gasteiger partial charge in [0.1, 0.15) is 0 Å². The molecule has 1 heteroatoms. The van der Waals surface area contributed by atoms with Gasteiger partial charge in [0.25, 0.3) is 0 Å². The van der Waals surface area contributed by atoms with E-state index in [1.165, 1.54) is 5.56 Å². The van der Waals surface area contributed by atoms with E-state index >= 15 is 0 Å². The van der Waals surface area contributed by atoms with Crippen molar-refractivity contribution in [2.45, 2.75) is 11.8 Å². The Hall–Kier alpha value is -1.01. The van der Waals surface area contributed by atoms with Gasteiger partial charge in [-0.1, -0.05) is 54.6 Å². The first-order valence-electron chi connectivity index (χ1n) is 4.81. The predicted octanol–water partition coefficient (Wildman–Crippen LogP) is 3.88. The van der Waals surface area contributed by atoms with Gasteiger partial charge in [0.15, 0.2) is 0 Å². The molecule has 1 atom stereocenters. The maximum Gasteiger partial charge on any atom is 0.0763 e. The molecular weight excluding hydrogens is 192 g/mol. The van der Waals surface area contributed by atoms with Gasteiger partial charge in [-0.3, -0.25) is 0 Å². The Morgan fingerprint density at radius 1 is 1.07 bits per heavy atom. The molecule has 2 rings (SSSR count). The molecule has 0 saturated heterocycles.